The number of hydrogen-bond acceptors (Lipinski definition) is 5. The van der Waals surface area contributed by atoms with Crippen molar-refractivity contribution in [3.8, 4) is 0 Å². The highest BCUT2D eigenvalue weighted by atomic mass is 32.2. The molecule has 0 saturated carbocycles. The van der Waals surface area contributed by atoms with E-state index in [9.17, 15) is 4.79 Å². The fourth-order valence-corrected chi connectivity index (χ4v) is 4.52. The Morgan fingerprint density at radius 2 is 1.96 bits per heavy atom. The zero-order valence-electron chi connectivity index (χ0n) is 15.0. The van der Waals surface area contributed by atoms with Crippen molar-refractivity contribution in [3.63, 3.8) is 0 Å². The molecule has 0 unspecified atom stereocenters. The summed E-state index contributed by atoms with van der Waals surface area (Å²) in [5, 5.41) is 6.13. The number of aromatic nitrogens is 4. The van der Waals surface area contributed by atoms with Crippen LogP contribution < -0.4 is 0 Å². The molecule has 0 bridgehead atoms. The second-order valence-corrected chi connectivity index (χ2v) is 7.80. The van der Waals surface area contributed by atoms with Gasteiger partial charge in [-0.2, -0.15) is 4.52 Å². The summed E-state index contributed by atoms with van der Waals surface area (Å²) in [5.74, 6) is 1.15. The van der Waals surface area contributed by atoms with E-state index in [1.165, 1.54) is 29.3 Å². The van der Waals surface area contributed by atoms with Gasteiger partial charge >= 0.3 is 0 Å². The SMILES string of the molecule is Cc1nc2c3ccccc3nc(SCC(=O)c3ccc4c(c3)CCC4)n2n1. The van der Waals surface area contributed by atoms with Gasteiger partial charge in [-0.15, -0.1) is 5.10 Å². The second-order valence-electron chi connectivity index (χ2n) is 6.85. The number of thioether (sulfide) groups is 1. The van der Waals surface area contributed by atoms with Crippen molar-refractivity contribution in [2.75, 3.05) is 5.75 Å². The predicted octanol–water partition coefficient (Wildman–Crippen LogP) is 4.05. The smallest absolute Gasteiger partial charge is 0.192 e. The van der Waals surface area contributed by atoms with Gasteiger partial charge in [0.1, 0.15) is 5.82 Å². The summed E-state index contributed by atoms with van der Waals surface area (Å²) in [5.41, 5.74) is 5.14. The normalized spacial score (nSPS) is 13.4. The first-order chi connectivity index (χ1) is 13.2. The fourth-order valence-electron chi connectivity index (χ4n) is 3.69. The second kappa shape index (κ2) is 6.46. The highest BCUT2D eigenvalue weighted by Gasteiger charge is 2.16. The molecule has 2 heterocycles. The maximum absolute atomic E-state index is 12.7. The predicted molar refractivity (Wildman–Crippen MR) is 107 cm³/mol. The molecule has 6 heteroatoms. The van der Waals surface area contributed by atoms with Gasteiger partial charge in [-0.25, -0.2) is 9.97 Å². The monoisotopic (exact) mass is 374 g/mol. The zero-order valence-corrected chi connectivity index (χ0v) is 15.8. The van der Waals surface area contributed by atoms with E-state index < -0.39 is 0 Å². The first-order valence-electron chi connectivity index (χ1n) is 9.09. The van der Waals surface area contributed by atoms with Crippen molar-refractivity contribution in [3.05, 3.63) is 65.0 Å². The van der Waals surface area contributed by atoms with Gasteiger partial charge in [0.2, 0.25) is 0 Å². The van der Waals surface area contributed by atoms with Crippen LogP contribution in [0, 0.1) is 6.92 Å². The number of nitrogens with zero attached hydrogens (tertiary/aromatic N) is 4. The minimum absolute atomic E-state index is 0.120. The molecule has 5 rings (SSSR count). The lowest BCUT2D eigenvalue weighted by atomic mass is 10.0. The standard InChI is InChI=1S/C21H18N4OS/c1-13-22-20-17-7-2-3-8-18(17)23-21(25(20)24-13)27-12-19(26)16-10-9-14-5-4-6-15(14)11-16/h2-3,7-11H,4-6,12H2,1H3. The van der Waals surface area contributed by atoms with E-state index >= 15 is 0 Å². The van der Waals surface area contributed by atoms with Gasteiger partial charge in [0.05, 0.1) is 11.3 Å². The zero-order chi connectivity index (χ0) is 18.4. The van der Waals surface area contributed by atoms with Crippen LogP contribution >= 0.6 is 11.8 Å². The van der Waals surface area contributed by atoms with Crippen molar-refractivity contribution < 1.29 is 4.79 Å². The molecule has 4 aromatic rings. The molecule has 1 aliphatic carbocycles. The highest BCUT2D eigenvalue weighted by molar-refractivity contribution is 7.99. The Morgan fingerprint density at radius 3 is 2.89 bits per heavy atom. The molecule has 1 aliphatic rings. The van der Waals surface area contributed by atoms with Crippen LogP contribution in [0.2, 0.25) is 0 Å². The lowest BCUT2D eigenvalue weighted by Gasteiger charge is -2.07. The lowest BCUT2D eigenvalue weighted by molar-refractivity contribution is 0.102. The molecular formula is C21H18N4OS. The Morgan fingerprint density at radius 1 is 1.11 bits per heavy atom. The van der Waals surface area contributed by atoms with Crippen LogP contribution in [0.15, 0.2) is 47.6 Å². The molecule has 0 aliphatic heterocycles. The van der Waals surface area contributed by atoms with Crippen LogP contribution in [0.1, 0.15) is 33.7 Å². The van der Waals surface area contributed by atoms with Crippen LogP contribution in [0.4, 0.5) is 0 Å². The van der Waals surface area contributed by atoms with Gasteiger partial charge in [0.25, 0.3) is 0 Å². The third-order valence-corrected chi connectivity index (χ3v) is 5.94. The molecule has 2 aromatic carbocycles. The molecular weight excluding hydrogens is 356 g/mol. The number of benzene rings is 2. The van der Waals surface area contributed by atoms with E-state index in [4.69, 9.17) is 4.98 Å². The van der Waals surface area contributed by atoms with Gasteiger partial charge < -0.3 is 0 Å². The number of aryl methyl sites for hydroxylation is 3. The summed E-state index contributed by atoms with van der Waals surface area (Å²) in [6.45, 7) is 1.87. The van der Waals surface area contributed by atoms with Crippen LogP contribution in [0.5, 0.6) is 0 Å². The Labute approximate surface area is 160 Å². The molecule has 0 atom stereocenters. The van der Waals surface area contributed by atoms with Crippen molar-refractivity contribution in [2.45, 2.75) is 31.3 Å². The van der Waals surface area contributed by atoms with E-state index in [1.807, 2.05) is 37.3 Å². The Bertz CT molecular complexity index is 1200. The van der Waals surface area contributed by atoms with Crippen molar-refractivity contribution in [1.29, 1.82) is 0 Å². The summed E-state index contributed by atoms with van der Waals surface area (Å²) in [4.78, 5) is 22.0. The van der Waals surface area contributed by atoms with E-state index in [0.29, 0.717) is 16.7 Å². The summed E-state index contributed by atoms with van der Waals surface area (Å²) in [6.07, 6.45) is 3.39. The molecule has 0 radical (unpaired) electrons. The Balaban J connectivity index is 1.46. The lowest BCUT2D eigenvalue weighted by Crippen LogP contribution is -2.06. The average molecular weight is 374 g/mol. The maximum atomic E-state index is 12.7. The molecule has 0 fully saturated rings. The average Bonchev–Trinajstić information content (AvgIpc) is 3.31. The number of hydrogen-bond donors (Lipinski definition) is 0. The Kier molecular flexibility index (Phi) is 3.93. The number of carbonyl (C=O) groups excluding carboxylic acids is 1. The van der Waals surface area contributed by atoms with Crippen molar-refractivity contribution in [2.24, 2.45) is 0 Å². The third kappa shape index (κ3) is 2.90. The number of ketones is 1. The molecule has 2 aromatic heterocycles. The van der Waals surface area contributed by atoms with Gasteiger partial charge in [0, 0.05) is 10.9 Å². The molecule has 0 saturated heterocycles. The largest absolute Gasteiger partial charge is 0.293 e. The van der Waals surface area contributed by atoms with E-state index in [2.05, 4.69) is 22.2 Å². The van der Waals surface area contributed by atoms with Crippen LogP contribution in [-0.4, -0.2) is 31.1 Å². The molecule has 5 nitrogen and oxygen atoms in total. The Hall–Kier alpha value is -2.73. The maximum Gasteiger partial charge on any atom is 0.192 e. The van der Waals surface area contributed by atoms with Crippen molar-refractivity contribution >= 4 is 34.1 Å². The molecule has 27 heavy (non-hydrogen) atoms. The van der Waals surface area contributed by atoms with Gasteiger partial charge in [-0.3, -0.25) is 4.79 Å². The summed E-state index contributed by atoms with van der Waals surface area (Å²) >= 11 is 1.41. The highest BCUT2D eigenvalue weighted by Crippen LogP contribution is 2.26. The number of para-hydroxylation sites is 1. The van der Waals surface area contributed by atoms with Crippen LogP contribution in [0.25, 0.3) is 16.6 Å². The molecule has 0 spiro atoms. The summed E-state index contributed by atoms with van der Waals surface area (Å²) in [7, 11) is 0. The quantitative estimate of drug-likeness (QED) is 0.306. The van der Waals surface area contributed by atoms with E-state index in [1.54, 1.807) is 4.52 Å². The third-order valence-electron chi connectivity index (χ3n) is 5.01. The molecule has 134 valence electrons. The number of rotatable bonds is 4. The van der Waals surface area contributed by atoms with E-state index in [-0.39, 0.29) is 5.78 Å². The summed E-state index contributed by atoms with van der Waals surface area (Å²) < 4.78 is 1.75. The minimum Gasteiger partial charge on any atom is -0.293 e. The van der Waals surface area contributed by atoms with Gasteiger partial charge in [0.15, 0.2) is 16.6 Å². The fraction of sp³-hybridized carbons (Fsp3) is 0.238. The first kappa shape index (κ1) is 16.4. The summed E-state index contributed by atoms with van der Waals surface area (Å²) in [6, 6.07) is 14.0. The number of fused-ring (bicyclic) bond motifs is 4. The van der Waals surface area contributed by atoms with Gasteiger partial charge in [-0.1, -0.05) is 36.0 Å². The van der Waals surface area contributed by atoms with Crippen LogP contribution in [-0.2, 0) is 12.8 Å². The minimum atomic E-state index is 0.120. The topological polar surface area (TPSA) is 60.2 Å². The number of carbonyl (C=O) groups is 1. The molecule has 0 amide bonds. The van der Waals surface area contributed by atoms with Crippen LogP contribution in [0.3, 0.4) is 0 Å². The first-order valence-corrected chi connectivity index (χ1v) is 10.1. The number of Topliss-reactive ketones (excluding diaryl/α,β-unsaturated/α-hetero) is 1. The van der Waals surface area contributed by atoms with E-state index in [0.717, 1.165) is 35.0 Å². The molecule has 0 N–H and O–H groups in total. The van der Waals surface area contributed by atoms with Gasteiger partial charge in [-0.05, 0) is 55.5 Å². The van der Waals surface area contributed by atoms with Crippen molar-refractivity contribution in [1.82, 2.24) is 19.6 Å².